The molecular weight excluding hydrogens is 244 g/mol. The van der Waals surface area contributed by atoms with Gasteiger partial charge in [-0.25, -0.2) is 0 Å². The second kappa shape index (κ2) is 10.9. The van der Waals surface area contributed by atoms with Crippen molar-refractivity contribution in [1.29, 1.82) is 0 Å². The van der Waals surface area contributed by atoms with Gasteiger partial charge in [0.05, 0.1) is 0 Å². The number of hydrogen-bond donors (Lipinski definition) is 1. The lowest BCUT2D eigenvalue weighted by Gasteiger charge is -2.23. The van der Waals surface area contributed by atoms with Gasteiger partial charge in [0, 0.05) is 6.04 Å². The second-order valence-corrected chi connectivity index (χ2v) is 5.49. The molecule has 0 bridgehead atoms. The van der Waals surface area contributed by atoms with Crippen LogP contribution < -0.4 is 5.32 Å². The molecule has 0 aliphatic carbocycles. The van der Waals surface area contributed by atoms with Gasteiger partial charge in [-0.05, 0) is 57.4 Å². The summed E-state index contributed by atoms with van der Waals surface area (Å²) < 4.78 is 0. The molecular formula is C18H32N2. The van der Waals surface area contributed by atoms with Crippen LogP contribution in [0.5, 0.6) is 0 Å². The standard InChI is InChI=1S/C18H32N2/c1-4-15-19-18(14-16-20(5-2)6-3)13-12-17-10-8-7-9-11-17/h7-11,18-19H,4-6,12-16H2,1-3H3. The monoisotopic (exact) mass is 276 g/mol. The average molecular weight is 276 g/mol. The van der Waals surface area contributed by atoms with E-state index in [0.717, 1.165) is 19.6 Å². The van der Waals surface area contributed by atoms with E-state index >= 15 is 0 Å². The maximum atomic E-state index is 3.72. The van der Waals surface area contributed by atoms with E-state index in [2.05, 4.69) is 61.3 Å². The van der Waals surface area contributed by atoms with Crippen molar-refractivity contribution in [2.75, 3.05) is 26.2 Å². The van der Waals surface area contributed by atoms with Gasteiger partial charge in [-0.2, -0.15) is 0 Å². The van der Waals surface area contributed by atoms with Crippen molar-refractivity contribution in [3.8, 4) is 0 Å². The molecule has 0 heterocycles. The highest BCUT2D eigenvalue weighted by molar-refractivity contribution is 5.14. The number of nitrogens with one attached hydrogen (secondary N) is 1. The first kappa shape index (κ1) is 17.2. The van der Waals surface area contributed by atoms with Crippen molar-refractivity contribution in [3.05, 3.63) is 35.9 Å². The fourth-order valence-corrected chi connectivity index (χ4v) is 2.56. The molecule has 0 fully saturated rings. The first-order chi connectivity index (χ1) is 9.80. The molecule has 20 heavy (non-hydrogen) atoms. The Hall–Kier alpha value is -0.860. The van der Waals surface area contributed by atoms with E-state index in [1.807, 2.05) is 0 Å². The molecule has 0 aliphatic heterocycles. The molecule has 2 heteroatoms. The molecule has 0 aromatic heterocycles. The molecule has 0 aliphatic rings. The van der Waals surface area contributed by atoms with Gasteiger partial charge in [0.25, 0.3) is 0 Å². The van der Waals surface area contributed by atoms with Crippen LogP contribution in [-0.4, -0.2) is 37.1 Å². The van der Waals surface area contributed by atoms with Crippen LogP contribution in [0.4, 0.5) is 0 Å². The Balaban J connectivity index is 2.38. The van der Waals surface area contributed by atoms with Crippen molar-refractivity contribution in [2.45, 2.75) is 52.5 Å². The van der Waals surface area contributed by atoms with E-state index < -0.39 is 0 Å². The predicted octanol–water partition coefficient (Wildman–Crippen LogP) is 3.72. The third-order valence-electron chi connectivity index (χ3n) is 4.00. The number of nitrogens with zero attached hydrogens (tertiary/aromatic N) is 1. The molecule has 0 radical (unpaired) electrons. The van der Waals surface area contributed by atoms with Crippen LogP contribution in [0.1, 0.15) is 45.6 Å². The Morgan fingerprint density at radius 1 is 1.00 bits per heavy atom. The van der Waals surface area contributed by atoms with Crippen LogP contribution in [0.25, 0.3) is 0 Å². The molecule has 1 atom stereocenters. The summed E-state index contributed by atoms with van der Waals surface area (Å²) in [6, 6.07) is 11.5. The summed E-state index contributed by atoms with van der Waals surface area (Å²) in [4.78, 5) is 2.52. The minimum atomic E-state index is 0.649. The zero-order valence-corrected chi connectivity index (χ0v) is 13.6. The van der Waals surface area contributed by atoms with Gasteiger partial charge in [0.2, 0.25) is 0 Å². The summed E-state index contributed by atoms with van der Waals surface area (Å²) in [5, 5.41) is 3.72. The minimum absolute atomic E-state index is 0.649. The van der Waals surface area contributed by atoms with Crippen molar-refractivity contribution >= 4 is 0 Å². The largest absolute Gasteiger partial charge is 0.314 e. The van der Waals surface area contributed by atoms with Crippen molar-refractivity contribution in [1.82, 2.24) is 10.2 Å². The Labute approximate surface area is 125 Å². The summed E-state index contributed by atoms with van der Waals surface area (Å²) in [6.45, 7) is 11.4. The summed E-state index contributed by atoms with van der Waals surface area (Å²) in [6.07, 6.45) is 4.90. The van der Waals surface area contributed by atoms with E-state index in [4.69, 9.17) is 0 Å². The number of rotatable bonds is 11. The van der Waals surface area contributed by atoms with E-state index in [0.29, 0.717) is 6.04 Å². The third kappa shape index (κ3) is 7.06. The Kier molecular flexibility index (Phi) is 9.35. The van der Waals surface area contributed by atoms with Crippen LogP contribution in [-0.2, 0) is 6.42 Å². The van der Waals surface area contributed by atoms with Gasteiger partial charge in [-0.15, -0.1) is 0 Å². The van der Waals surface area contributed by atoms with Gasteiger partial charge >= 0.3 is 0 Å². The van der Waals surface area contributed by atoms with Crippen LogP contribution in [0.2, 0.25) is 0 Å². The van der Waals surface area contributed by atoms with E-state index in [1.54, 1.807) is 0 Å². The molecule has 1 N–H and O–H groups in total. The second-order valence-electron chi connectivity index (χ2n) is 5.49. The van der Waals surface area contributed by atoms with E-state index in [1.165, 1.54) is 37.8 Å². The Bertz CT molecular complexity index is 319. The summed E-state index contributed by atoms with van der Waals surface area (Å²) in [5.74, 6) is 0. The molecule has 1 rings (SSSR count). The van der Waals surface area contributed by atoms with Gasteiger partial charge < -0.3 is 10.2 Å². The van der Waals surface area contributed by atoms with E-state index in [-0.39, 0.29) is 0 Å². The summed E-state index contributed by atoms with van der Waals surface area (Å²) >= 11 is 0. The molecule has 1 aromatic carbocycles. The Morgan fingerprint density at radius 2 is 1.70 bits per heavy atom. The topological polar surface area (TPSA) is 15.3 Å². The first-order valence-electron chi connectivity index (χ1n) is 8.29. The number of hydrogen-bond acceptors (Lipinski definition) is 2. The van der Waals surface area contributed by atoms with Crippen molar-refractivity contribution < 1.29 is 0 Å². The lowest BCUT2D eigenvalue weighted by molar-refractivity contribution is 0.277. The highest BCUT2D eigenvalue weighted by Crippen LogP contribution is 2.08. The highest BCUT2D eigenvalue weighted by Gasteiger charge is 2.09. The Morgan fingerprint density at radius 3 is 2.30 bits per heavy atom. The average Bonchev–Trinajstić information content (AvgIpc) is 2.51. The molecule has 1 unspecified atom stereocenters. The molecule has 0 saturated heterocycles. The fourth-order valence-electron chi connectivity index (χ4n) is 2.56. The van der Waals surface area contributed by atoms with Crippen LogP contribution >= 0.6 is 0 Å². The predicted molar refractivity (Wildman–Crippen MR) is 89.2 cm³/mol. The quantitative estimate of drug-likeness (QED) is 0.662. The summed E-state index contributed by atoms with van der Waals surface area (Å²) in [5.41, 5.74) is 1.46. The van der Waals surface area contributed by atoms with Crippen LogP contribution in [0.3, 0.4) is 0 Å². The molecule has 0 amide bonds. The zero-order valence-electron chi connectivity index (χ0n) is 13.6. The SMILES string of the molecule is CCCNC(CCc1ccccc1)CCN(CC)CC. The maximum Gasteiger partial charge on any atom is 0.00824 e. The van der Waals surface area contributed by atoms with Crippen LogP contribution in [0, 0.1) is 0 Å². The first-order valence-corrected chi connectivity index (χ1v) is 8.29. The fraction of sp³-hybridized carbons (Fsp3) is 0.667. The normalized spacial score (nSPS) is 12.8. The molecule has 0 saturated carbocycles. The molecule has 1 aromatic rings. The smallest absolute Gasteiger partial charge is 0.00824 e. The third-order valence-corrected chi connectivity index (χ3v) is 4.00. The van der Waals surface area contributed by atoms with Gasteiger partial charge in [-0.1, -0.05) is 51.1 Å². The number of benzene rings is 1. The molecule has 0 spiro atoms. The number of aryl methyl sites for hydroxylation is 1. The lowest BCUT2D eigenvalue weighted by atomic mass is 10.0. The van der Waals surface area contributed by atoms with Crippen molar-refractivity contribution in [3.63, 3.8) is 0 Å². The van der Waals surface area contributed by atoms with Gasteiger partial charge in [0.15, 0.2) is 0 Å². The molecule has 114 valence electrons. The maximum absolute atomic E-state index is 3.72. The lowest BCUT2D eigenvalue weighted by Crippen LogP contribution is -2.35. The van der Waals surface area contributed by atoms with Gasteiger partial charge in [0.1, 0.15) is 0 Å². The summed E-state index contributed by atoms with van der Waals surface area (Å²) in [7, 11) is 0. The zero-order chi connectivity index (χ0) is 14.6. The van der Waals surface area contributed by atoms with Crippen LogP contribution in [0.15, 0.2) is 30.3 Å². The van der Waals surface area contributed by atoms with Crippen molar-refractivity contribution in [2.24, 2.45) is 0 Å². The molecule has 2 nitrogen and oxygen atoms in total. The van der Waals surface area contributed by atoms with E-state index in [9.17, 15) is 0 Å². The minimum Gasteiger partial charge on any atom is -0.314 e. The highest BCUT2D eigenvalue weighted by atomic mass is 15.1. The van der Waals surface area contributed by atoms with Gasteiger partial charge in [-0.3, -0.25) is 0 Å².